The Bertz CT molecular complexity index is 127. The maximum atomic E-state index is 2.77. The van der Waals surface area contributed by atoms with Crippen LogP contribution in [0.25, 0.3) is 0 Å². The Labute approximate surface area is 69.8 Å². The van der Waals surface area contributed by atoms with Crippen molar-refractivity contribution < 1.29 is 0 Å². The Morgan fingerprint density at radius 2 is 2.09 bits per heavy atom. The van der Waals surface area contributed by atoms with Gasteiger partial charge in [-0.15, -0.1) is 0 Å². The first-order valence-electron chi connectivity index (χ1n) is 5.17. The molecule has 0 spiro atoms. The Hall–Kier alpha value is -0.0400. The van der Waals surface area contributed by atoms with Gasteiger partial charge in [0.05, 0.1) is 0 Å². The van der Waals surface area contributed by atoms with E-state index in [1.807, 2.05) is 0 Å². The van der Waals surface area contributed by atoms with Gasteiger partial charge in [0.1, 0.15) is 0 Å². The molecule has 11 heavy (non-hydrogen) atoms. The molecular formula is C10H19N. The van der Waals surface area contributed by atoms with Crippen LogP contribution in [-0.4, -0.2) is 23.5 Å². The Morgan fingerprint density at radius 3 is 2.91 bits per heavy atom. The molecule has 1 nitrogen and oxygen atoms in total. The Morgan fingerprint density at radius 1 is 1.18 bits per heavy atom. The molecule has 0 aromatic heterocycles. The van der Waals surface area contributed by atoms with Gasteiger partial charge in [0.15, 0.2) is 0 Å². The Balaban J connectivity index is 1.98. The molecule has 0 aromatic carbocycles. The quantitative estimate of drug-likeness (QED) is 0.559. The third-order valence-electron chi connectivity index (χ3n) is 3.45. The van der Waals surface area contributed by atoms with E-state index >= 15 is 0 Å². The van der Waals surface area contributed by atoms with Gasteiger partial charge >= 0.3 is 0 Å². The number of fused-ring (bicyclic) bond motifs is 1. The second-order valence-electron chi connectivity index (χ2n) is 4.03. The maximum absolute atomic E-state index is 2.77. The summed E-state index contributed by atoms with van der Waals surface area (Å²) in [5, 5.41) is 0. The van der Waals surface area contributed by atoms with Crippen molar-refractivity contribution in [2.24, 2.45) is 0 Å². The van der Waals surface area contributed by atoms with Gasteiger partial charge in [0.2, 0.25) is 0 Å². The number of rotatable bonds is 1. The minimum Gasteiger partial charge on any atom is -0.297 e. The molecule has 2 unspecified atom stereocenters. The fourth-order valence-electron chi connectivity index (χ4n) is 2.80. The highest BCUT2D eigenvalue weighted by atomic mass is 15.2. The standard InChI is InChI=1S/C10H19N/c1-2-9-6-7-10-5-3-4-8-11(9)10/h9-10H,2-8H2,1H3. The highest BCUT2D eigenvalue weighted by molar-refractivity contribution is 4.89. The molecule has 2 atom stereocenters. The second-order valence-corrected chi connectivity index (χ2v) is 4.03. The summed E-state index contributed by atoms with van der Waals surface area (Å²) in [6.45, 7) is 3.73. The first-order chi connectivity index (χ1) is 5.42. The van der Waals surface area contributed by atoms with Gasteiger partial charge in [-0.3, -0.25) is 4.90 Å². The van der Waals surface area contributed by atoms with Crippen LogP contribution in [0, 0.1) is 0 Å². The molecule has 0 aliphatic carbocycles. The molecule has 2 rings (SSSR count). The zero-order valence-electron chi connectivity index (χ0n) is 7.55. The van der Waals surface area contributed by atoms with E-state index < -0.39 is 0 Å². The summed E-state index contributed by atoms with van der Waals surface area (Å²) in [5.74, 6) is 0. The maximum Gasteiger partial charge on any atom is 0.00987 e. The summed E-state index contributed by atoms with van der Waals surface area (Å²) in [7, 11) is 0. The Kier molecular flexibility index (Phi) is 2.17. The van der Waals surface area contributed by atoms with Crippen molar-refractivity contribution in [1.82, 2.24) is 4.90 Å². The van der Waals surface area contributed by atoms with Crippen LogP contribution in [-0.2, 0) is 0 Å². The third kappa shape index (κ3) is 1.31. The molecule has 2 aliphatic heterocycles. The summed E-state index contributed by atoms with van der Waals surface area (Å²) in [5.41, 5.74) is 0. The van der Waals surface area contributed by atoms with Crippen LogP contribution in [0.5, 0.6) is 0 Å². The van der Waals surface area contributed by atoms with E-state index in [-0.39, 0.29) is 0 Å². The summed E-state index contributed by atoms with van der Waals surface area (Å²) in [6.07, 6.45) is 8.75. The molecular weight excluding hydrogens is 134 g/mol. The zero-order chi connectivity index (χ0) is 7.68. The van der Waals surface area contributed by atoms with Crippen molar-refractivity contribution in [3.8, 4) is 0 Å². The molecule has 0 saturated carbocycles. The van der Waals surface area contributed by atoms with Crippen LogP contribution in [0.3, 0.4) is 0 Å². The normalized spacial score (nSPS) is 39.0. The molecule has 2 saturated heterocycles. The molecule has 64 valence electrons. The molecule has 2 fully saturated rings. The molecule has 1 heteroatoms. The fourth-order valence-corrected chi connectivity index (χ4v) is 2.80. The highest BCUT2D eigenvalue weighted by Gasteiger charge is 2.33. The van der Waals surface area contributed by atoms with Crippen molar-refractivity contribution in [1.29, 1.82) is 0 Å². The summed E-state index contributed by atoms with van der Waals surface area (Å²) in [6, 6.07) is 1.92. The van der Waals surface area contributed by atoms with Gasteiger partial charge in [-0.25, -0.2) is 0 Å². The van der Waals surface area contributed by atoms with Crippen molar-refractivity contribution in [2.75, 3.05) is 6.54 Å². The molecule has 0 N–H and O–H groups in total. The molecule has 2 aliphatic rings. The highest BCUT2D eigenvalue weighted by Crippen LogP contribution is 2.32. The first kappa shape index (κ1) is 7.60. The monoisotopic (exact) mass is 153 g/mol. The van der Waals surface area contributed by atoms with Crippen molar-refractivity contribution >= 4 is 0 Å². The lowest BCUT2D eigenvalue weighted by molar-refractivity contribution is 0.147. The van der Waals surface area contributed by atoms with Crippen LogP contribution in [0.15, 0.2) is 0 Å². The van der Waals surface area contributed by atoms with E-state index in [9.17, 15) is 0 Å². The van der Waals surface area contributed by atoms with Crippen molar-refractivity contribution in [3.05, 3.63) is 0 Å². The predicted molar refractivity (Wildman–Crippen MR) is 47.7 cm³/mol. The molecule has 0 amide bonds. The van der Waals surface area contributed by atoms with Crippen LogP contribution in [0.1, 0.15) is 45.4 Å². The van der Waals surface area contributed by atoms with Gasteiger partial charge in [-0.05, 0) is 38.6 Å². The van der Waals surface area contributed by atoms with E-state index in [1.165, 1.54) is 45.1 Å². The van der Waals surface area contributed by atoms with Crippen molar-refractivity contribution in [2.45, 2.75) is 57.5 Å². The first-order valence-corrected chi connectivity index (χ1v) is 5.17. The van der Waals surface area contributed by atoms with E-state index in [2.05, 4.69) is 11.8 Å². The largest absolute Gasteiger partial charge is 0.297 e. The molecule has 0 radical (unpaired) electrons. The number of piperidine rings is 1. The summed E-state index contributed by atoms with van der Waals surface area (Å²) >= 11 is 0. The van der Waals surface area contributed by atoms with Gasteiger partial charge in [-0.2, -0.15) is 0 Å². The van der Waals surface area contributed by atoms with Crippen molar-refractivity contribution in [3.63, 3.8) is 0 Å². The van der Waals surface area contributed by atoms with Gasteiger partial charge in [0.25, 0.3) is 0 Å². The SMILES string of the molecule is CCC1CCC2CCCCN12. The van der Waals surface area contributed by atoms with Crippen LogP contribution >= 0.6 is 0 Å². The van der Waals surface area contributed by atoms with E-state index in [1.54, 1.807) is 0 Å². The lowest BCUT2D eigenvalue weighted by Crippen LogP contribution is -2.39. The van der Waals surface area contributed by atoms with E-state index in [0.717, 1.165) is 12.1 Å². The van der Waals surface area contributed by atoms with Gasteiger partial charge in [-0.1, -0.05) is 13.3 Å². The lowest BCUT2D eigenvalue weighted by Gasteiger charge is -2.33. The minimum absolute atomic E-state index is 0.945. The molecule has 2 heterocycles. The number of nitrogens with zero attached hydrogens (tertiary/aromatic N) is 1. The zero-order valence-corrected chi connectivity index (χ0v) is 7.55. The second kappa shape index (κ2) is 3.14. The average Bonchev–Trinajstić information content (AvgIpc) is 2.47. The van der Waals surface area contributed by atoms with Crippen LogP contribution in [0.4, 0.5) is 0 Å². The summed E-state index contributed by atoms with van der Waals surface area (Å²) in [4.78, 5) is 2.77. The lowest BCUT2D eigenvalue weighted by atomic mass is 10.0. The minimum atomic E-state index is 0.945. The van der Waals surface area contributed by atoms with Crippen LogP contribution in [0.2, 0.25) is 0 Å². The van der Waals surface area contributed by atoms with E-state index in [4.69, 9.17) is 0 Å². The van der Waals surface area contributed by atoms with E-state index in [0.29, 0.717) is 0 Å². The third-order valence-corrected chi connectivity index (χ3v) is 3.45. The topological polar surface area (TPSA) is 3.24 Å². The molecule has 0 bridgehead atoms. The number of hydrogen-bond acceptors (Lipinski definition) is 1. The summed E-state index contributed by atoms with van der Waals surface area (Å²) < 4.78 is 0. The van der Waals surface area contributed by atoms with Gasteiger partial charge < -0.3 is 0 Å². The smallest absolute Gasteiger partial charge is 0.00987 e. The van der Waals surface area contributed by atoms with Gasteiger partial charge in [0, 0.05) is 12.1 Å². The average molecular weight is 153 g/mol. The van der Waals surface area contributed by atoms with Crippen LogP contribution < -0.4 is 0 Å². The molecule has 0 aromatic rings. The predicted octanol–water partition coefficient (Wildman–Crippen LogP) is 2.41. The number of hydrogen-bond donors (Lipinski definition) is 0. The fraction of sp³-hybridized carbons (Fsp3) is 1.00.